The third-order valence-electron chi connectivity index (χ3n) is 6.63. The Bertz CT molecular complexity index is 871. The maximum absolute atomic E-state index is 6.28. The van der Waals surface area contributed by atoms with Crippen LogP contribution in [0.4, 0.5) is 5.95 Å². The van der Waals surface area contributed by atoms with Gasteiger partial charge in [-0.25, -0.2) is 4.98 Å². The topological polar surface area (TPSA) is 74.7 Å². The van der Waals surface area contributed by atoms with Crippen molar-refractivity contribution >= 4 is 5.95 Å². The fraction of sp³-hybridized carbons (Fsp3) is 0.600. The van der Waals surface area contributed by atoms with Crippen molar-refractivity contribution in [1.29, 1.82) is 0 Å². The predicted octanol–water partition coefficient (Wildman–Crippen LogP) is 4.47. The van der Waals surface area contributed by atoms with Crippen molar-refractivity contribution in [3.8, 4) is 22.8 Å². The standard InChI is InChI=1S/C25H33N3O4/c1-17-2-6-19(7-3-17)27-25-26-14-23(24(28-25)32-22-11-13-30-16-22)18-4-8-20(9-5-18)31-21-10-12-29-15-21/h4-5,8-9,14,17,19,21-22H,2-3,6-7,10-13,15-16H2,1H3,(H,26,27,28)/t17-,19+,21-,22-/m1/s1. The van der Waals surface area contributed by atoms with E-state index < -0.39 is 0 Å². The maximum atomic E-state index is 6.28. The number of anilines is 1. The van der Waals surface area contributed by atoms with Crippen LogP contribution in [0.1, 0.15) is 45.4 Å². The molecule has 2 aromatic rings. The number of rotatable bonds is 7. The average molecular weight is 440 g/mol. The summed E-state index contributed by atoms with van der Waals surface area (Å²) in [4.78, 5) is 9.41. The zero-order valence-corrected chi connectivity index (χ0v) is 18.8. The van der Waals surface area contributed by atoms with Crippen molar-refractivity contribution < 1.29 is 18.9 Å². The minimum absolute atomic E-state index is 0.0250. The van der Waals surface area contributed by atoms with Crippen molar-refractivity contribution in [2.45, 2.75) is 63.7 Å². The van der Waals surface area contributed by atoms with Crippen molar-refractivity contribution in [2.24, 2.45) is 5.92 Å². The van der Waals surface area contributed by atoms with E-state index >= 15 is 0 Å². The molecule has 0 bridgehead atoms. The van der Waals surface area contributed by atoms with Crippen LogP contribution in [0, 0.1) is 5.92 Å². The van der Waals surface area contributed by atoms with Gasteiger partial charge in [0.2, 0.25) is 11.8 Å². The van der Waals surface area contributed by atoms with E-state index in [4.69, 9.17) is 23.9 Å². The summed E-state index contributed by atoms with van der Waals surface area (Å²) in [6.45, 7) is 5.09. The SMILES string of the molecule is C[C@H]1CC[C@@H](Nc2ncc(-c3ccc(O[C@@H]4CCOC4)cc3)c(O[C@@H]3CCOC3)n2)CC1. The number of benzene rings is 1. The number of hydrogen-bond acceptors (Lipinski definition) is 7. The molecular weight excluding hydrogens is 406 g/mol. The van der Waals surface area contributed by atoms with Gasteiger partial charge in [-0.3, -0.25) is 0 Å². The van der Waals surface area contributed by atoms with Gasteiger partial charge in [0, 0.05) is 25.1 Å². The molecule has 1 aromatic heterocycles. The molecule has 2 saturated heterocycles. The molecular formula is C25H33N3O4. The molecule has 172 valence electrons. The fourth-order valence-corrected chi connectivity index (χ4v) is 4.59. The molecule has 2 aliphatic heterocycles. The third kappa shape index (κ3) is 5.33. The van der Waals surface area contributed by atoms with E-state index in [9.17, 15) is 0 Å². The first-order valence-corrected chi connectivity index (χ1v) is 12.0. The zero-order valence-electron chi connectivity index (χ0n) is 18.8. The molecule has 1 aliphatic carbocycles. The van der Waals surface area contributed by atoms with Crippen LogP contribution in [0.2, 0.25) is 0 Å². The lowest BCUT2D eigenvalue weighted by molar-refractivity contribution is 0.138. The summed E-state index contributed by atoms with van der Waals surface area (Å²) < 4.78 is 23.2. The second-order valence-electron chi connectivity index (χ2n) is 9.24. The van der Waals surface area contributed by atoms with Crippen LogP contribution in [0.25, 0.3) is 11.1 Å². The van der Waals surface area contributed by atoms with Gasteiger partial charge in [-0.05, 0) is 49.3 Å². The van der Waals surface area contributed by atoms with Gasteiger partial charge < -0.3 is 24.3 Å². The van der Waals surface area contributed by atoms with Crippen molar-refractivity contribution in [1.82, 2.24) is 9.97 Å². The molecule has 1 aromatic carbocycles. The molecule has 0 radical (unpaired) electrons. The van der Waals surface area contributed by atoms with Gasteiger partial charge in [-0.15, -0.1) is 0 Å². The predicted molar refractivity (Wildman–Crippen MR) is 122 cm³/mol. The highest BCUT2D eigenvalue weighted by Gasteiger charge is 2.23. The second kappa shape index (κ2) is 10.0. The first-order chi connectivity index (χ1) is 15.7. The summed E-state index contributed by atoms with van der Waals surface area (Å²) in [7, 11) is 0. The Morgan fingerprint density at radius 3 is 2.22 bits per heavy atom. The largest absolute Gasteiger partial charge is 0.488 e. The Hall–Kier alpha value is -2.38. The molecule has 1 saturated carbocycles. The molecule has 7 heteroatoms. The molecule has 2 atom stereocenters. The maximum Gasteiger partial charge on any atom is 0.226 e. The van der Waals surface area contributed by atoms with E-state index in [-0.39, 0.29) is 12.2 Å². The quantitative estimate of drug-likeness (QED) is 0.682. The van der Waals surface area contributed by atoms with Crippen LogP contribution in [-0.4, -0.2) is 54.6 Å². The van der Waals surface area contributed by atoms with Gasteiger partial charge in [-0.2, -0.15) is 4.98 Å². The zero-order chi connectivity index (χ0) is 21.8. The summed E-state index contributed by atoms with van der Waals surface area (Å²) in [5.74, 6) is 2.91. The van der Waals surface area contributed by atoms with Crippen molar-refractivity contribution in [2.75, 3.05) is 31.7 Å². The summed E-state index contributed by atoms with van der Waals surface area (Å²) >= 11 is 0. The highest BCUT2D eigenvalue weighted by molar-refractivity contribution is 5.69. The fourth-order valence-electron chi connectivity index (χ4n) is 4.59. The Labute approximate surface area is 189 Å². The van der Waals surface area contributed by atoms with Gasteiger partial charge in [0.1, 0.15) is 18.0 Å². The van der Waals surface area contributed by atoms with E-state index in [0.717, 1.165) is 61.7 Å². The molecule has 3 heterocycles. The molecule has 5 rings (SSSR count). The lowest BCUT2D eigenvalue weighted by Gasteiger charge is -2.27. The Morgan fingerprint density at radius 1 is 0.875 bits per heavy atom. The minimum Gasteiger partial charge on any atom is -0.488 e. The first kappa shape index (κ1) is 21.5. The van der Waals surface area contributed by atoms with Crippen molar-refractivity contribution in [3.05, 3.63) is 30.5 Å². The lowest BCUT2D eigenvalue weighted by Crippen LogP contribution is -2.26. The van der Waals surface area contributed by atoms with Crippen LogP contribution in [-0.2, 0) is 9.47 Å². The summed E-state index contributed by atoms with van der Waals surface area (Å²) in [6.07, 6.45) is 8.66. The second-order valence-corrected chi connectivity index (χ2v) is 9.24. The van der Waals surface area contributed by atoms with E-state index in [1.807, 2.05) is 30.5 Å². The summed E-state index contributed by atoms with van der Waals surface area (Å²) in [5.41, 5.74) is 1.89. The van der Waals surface area contributed by atoms with Gasteiger partial charge >= 0.3 is 0 Å². The molecule has 32 heavy (non-hydrogen) atoms. The van der Waals surface area contributed by atoms with Crippen molar-refractivity contribution in [3.63, 3.8) is 0 Å². The van der Waals surface area contributed by atoms with Gasteiger partial charge in [-0.1, -0.05) is 19.1 Å². The monoisotopic (exact) mass is 439 g/mol. The molecule has 0 spiro atoms. The Balaban J connectivity index is 1.33. The summed E-state index contributed by atoms with van der Waals surface area (Å²) in [6, 6.07) is 8.49. The first-order valence-electron chi connectivity index (χ1n) is 12.0. The van der Waals surface area contributed by atoms with E-state index in [0.29, 0.717) is 31.1 Å². The van der Waals surface area contributed by atoms with Crippen LogP contribution in [0.5, 0.6) is 11.6 Å². The Kier molecular flexibility index (Phi) is 6.74. The summed E-state index contributed by atoms with van der Waals surface area (Å²) in [5, 5.41) is 3.53. The molecule has 1 N–H and O–H groups in total. The van der Waals surface area contributed by atoms with E-state index in [2.05, 4.69) is 17.2 Å². The van der Waals surface area contributed by atoms with Crippen LogP contribution < -0.4 is 14.8 Å². The molecule has 3 aliphatic rings. The number of aromatic nitrogens is 2. The van der Waals surface area contributed by atoms with E-state index in [1.165, 1.54) is 12.8 Å². The molecule has 7 nitrogen and oxygen atoms in total. The third-order valence-corrected chi connectivity index (χ3v) is 6.63. The highest BCUT2D eigenvalue weighted by atomic mass is 16.6. The number of nitrogens with zero attached hydrogens (tertiary/aromatic N) is 2. The van der Waals surface area contributed by atoms with Crippen LogP contribution in [0.15, 0.2) is 30.5 Å². The average Bonchev–Trinajstić information content (AvgIpc) is 3.51. The van der Waals surface area contributed by atoms with E-state index in [1.54, 1.807) is 0 Å². The molecule has 0 unspecified atom stereocenters. The van der Waals surface area contributed by atoms with Gasteiger partial charge in [0.25, 0.3) is 0 Å². The number of hydrogen-bond donors (Lipinski definition) is 1. The van der Waals surface area contributed by atoms with Crippen LogP contribution in [0.3, 0.4) is 0 Å². The smallest absolute Gasteiger partial charge is 0.226 e. The van der Waals surface area contributed by atoms with Gasteiger partial charge in [0.15, 0.2) is 0 Å². The minimum atomic E-state index is 0.0250. The molecule has 0 amide bonds. The highest BCUT2D eigenvalue weighted by Crippen LogP contribution is 2.33. The Morgan fingerprint density at radius 2 is 1.56 bits per heavy atom. The normalized spacial score (nSPS) is 27.9. The van der Waals surface area contributed by atoms with Gasteiger partial charge in [0.05, 0.1) is 32.0 Å². The number of ether oxygens (including phenoxy) is 4. The molecule has 3 fully saturated rings. The van der Waals surface area contributed by atoms with Crippen LogP contribution >= 0.6 is 0 Å². The lowest BCUT2D eigenvalue weighted by atomic mass is 9.87. The number of nitrogens with one attached hydrogen (secondary N) is 1.